The third-order valence-corrected chi connectivity index (χ3v) is 3.16. The second-order valence-electron chi connectivity index (χ2n) is 4.52. The Balaban J connectivity index is 1.90. The first-order valence-corrected chi connectivity index (χ1v) is 6.04. The quantitative estimate of drug-likeness (QED) is 0.455. The normalized spacial score (nSPS) is 15.8. The molecule has 0 spiro atoms. The average molecular weight is 232 g/mol. The van der Waals surface area contributed by atoms with Gasteiger partial charge in [-0.3, -0.25) is 9.59 Å². The number of benzene rings is 1. The van der Waals surface area contributed by atoms with E-state index >= 15 is 0 Å². The number of hydrogen-bond donors (Lipinski definition) is 0. The van der Waals surface area contributed by atoms with Gasteiger partial charge in [0, 0.05) is 12.0 Å². The lowest BCUT2D eigenvalue weighted by Gasteiger charge is -2.08. The Labute approximate surface area is 101 Å². The van der Waals surface area contributed by atoms with Gasteiger partial charge in [0.25, 0.3) is 0 Å². The van der Waals surface area contributed by atoms with Gasteiger partial charge in [-0.2, -0.15) is 0 Å². The molecule has 90 valence electrons. The zero-order valence-corrected chi connectivity index (χ0v) is 9.72. The van der Waals surface area contributed by atoms with Gasteiger partial charge in [-0.1, -0.05) is 25.0 Å². The van der Waals surface area contributed by atoms with Crippen molar-refractivity contribution >= 4 is 12.3 Å². The minimum atomic E-state index is -0.194. The van der Waals surface area contributed by atoms with Gasteiger partial charge < -0.3 is 4.74 Å². The van der Waals surface area contributed by atoms with Crippen LogP contribution in [0.25, 0.3) is 0 Å². The first kappa shape index (κ1) is 11.8. The minimum absolute atomic E-state index is 0.194. The van der Waals surface area contributed by atoms with E-state index in [0.717, 1.165) is 19.1 Å². The second-order valence-corrected chi connectivity index (χ2v) is 4.52. The molecule has 0 unspecified atom stereocenters. The van der Waals surface area contributed by atoms with Crippen LogP contribution in [0.5, 0.6) is 5.75 Å². The van der Waals surface area contributed by atoms with Crippen LogP contribution >= 0.6 is 0 Å². The summed E-state index contributed by atoms with van der Waals surface area (Å²) in [5.74, 6) is 0.745. The largest absolute Gasteiger partial charge is 0.426 e. The topological polar surface area (TPSA) is 43.4 Å². The molecule has 1 aliphatic rings. The average Bonchev–Trinajstić information content (AvgIpc) is 2.82. The zero-order chi connectivity index (χ0) is 12.1. The van der Waals surface area contributed by atoms with Crippen LogP contribution in [-0.2, 0) is 4.79 Å². The first-order chi connectivity index (χ1) is 8.28. The van der Waals surface area contributed by atoms with E-state index in [9.17, 15) is 9.59 Å². The SMILES string of the molecule is O=Cc1cccc(OC(=O)CC2CCCC2)c1. The Morgan fingerprint density at radius 2 is 2.12 bits per heavy atom. The maximum absolute atomic E-state index is 11.7. The van der Waals surface area contributed by atoms with Crippen LogP contribution in [0.3, 0.4) is 0 Å². The molecule has 0 heterocycles. The Morgan fingerprint density at radius 1 is 1.35 bits per heavy atom. The predicted octanol–water partition coefficient (Wildman–Crippen LogP) is 2.98. The van der Waals surface area contributed by atoms with Gasteiger partial charge in [0.05, 0.1) is 0 Å². The number of carbonyl (C=O) groups excluding carboxylic acids is 2. The second kappa shape index (κ2) is 5.62. The molecule has 0 bridgehead atoms. The summed E-state index contributed by atoms with van der Waals surface area (Å²) < 4.78 is 5.22. The summed E-state index contributed by atoms with van der Waals surface area (Å²) in [6.45, 7) is 0. The molecule has 0 radical (unpaired) electrons. The molecule has 0 N–H and O–H groups in total. The molecule has 1 saturated carbocycles. The number of esters is 1. The van der Waals surface area contributed by atoms with Crippen molar-refractivity contribution in [3.63, 3.8) is 0 Å². The highest BCUT2D eigenvalue weighted by molar-refractivity contribution is 5.77. The molecular weight excluding hydrogens is 216 g/mol. The number of ether oxygens (including phenoxy) is 1. The molecule has 0 aromatic heterocycles. The Hall–Kier alpha value is -1.64. The van der Waals surface area contributed by atoms with Crippen molar-refractivity contribution in [3.8, 4) is 5.75 Å². The van der Waals surface area contributed by atoms with Crippen molar-refractivity contribution in [1.82, 2.24) is 0 Å². The molecule has 0 saturated heterocycles. The molecule has 1 aliphatic carbocycles. The van der Waals surface area contributed by atoms with Gasteiger partial charge >= 0.3 is 5.97 Å². The van der Waals surface area contributed by atoms with E-state index in [2.05, 4.69) is 0 Å². The molecule has 1 aromatic carbocycles. The highest BCUT2D eigenvalue weighted by atomic mass is 16.5. The smallest absolute Gasteiger partial charge is 0.311 e. The predicted molar refractivity (Wildman–Crippen MR) is 64.0 cm³/mol. The van der Waals surface area contributed by atoms with Crippen molar-refractivity contribution in [2.45, 2.75) is 32.1 Å². The van der Waals surface area contributed by atoms with Crippen molar-refractivity contribution in [2.75, 3.05) is 0 Å². The van der Waals surface area contributed by atoms with Gasteiger partial charge in [-0.25, -0.2) is 0 Å². The molecule has 0 aliphatic heterocycles. The molecule has 0 atom stereocenters. The molecule has 3 nitrogen and oxygen atoms in total. The van der Waals surface area contributed by atoms with Gasteiger partial charge in [0.2, 0.25) is 0 Å². The summed E-state index contributed by atoms with van der Waals surface area (Å²) in [6.07, 6.45) is 5.93. The summed E-state index contributed by atoms with van der Waals surface area (Å²) in [5.41, 5.74) is 0.524. The summed E-state index contributed by atoms with van der Waals surface area (Å²) in [4.78, 5) is 22.2. The molecule has 3 heteroatoms. The van der Waals surface area contributed by atoms with Gasteiger partial charge in [-0.05, 0) is 30.9 Å². The number of rotatable bonds is 4. The van der Waals surface area contributed by atoms with Gasteiger partial charge in [0.1, 0.15) is 12.0 Å². The molecule has 1 fully saturated rings. The minimum Gasteiger partial charge on any atom is -0.426 e. The van der Waals surface area contributed by atoms with Gasteiger partial charge in [0.15, 0.2) is 0 Å². The van der Waals surface area contributed by atoms with E-state index in [-0.39, 0.29) is 5.97 Å². The third kappa shape index (κ3) is 3.41. The fraction of sp³-hybridized carbons (Fsp3) is 0.429. The third-order valence-electron chi connectivity index (χ3n) is 3.16. The maximum atomic E-state index is 11.7. The monoisotopic (exact) mass is 232 g/mol. The fourth-order valence-corrected chi connectivity index (χ4v) is 2.27. The van der Waals surface area contributed by atoms with Crippen LogP contribution in [0.1, 0.15) is 42.5 Å². The zero-order valence-electron chi connectivity index (χ0n) is 9.72. The highest BCUT2D eigenvalue weighted by Crippen LogP contribution is 2.28. The van der Waals surface area contributed by atoms with Crippen LogP contribution < -0.4 is 4.74 Å². The summed E-state index contributed by atoms with van der Waals surface area (Å²) in [5, 5.41) is 0. The van der Waals surface area contributed by atoms with E-state index in [0.29, 0.717) is 23.7 Å². The van der Waals surface area contributed by atoms with Crippen LogP contribution in [0.15, 0.2) is 24.3 Å². The Morgan fingerprint density at radius 3 is 2.82 bits per heavy atom. The lowest BCUT2D eigenvalue weighted by atomic mass is 10.0. The summed E-state index contributed by atoms with van der Waals surface area (Å²) in [7, 11) is 0. The van der Waals surface area contributed by atoms with Crippen molar-refractivity contribution in [3.05, 3.63) is 29.8 Å². The molecule has 17 heavy (non-hydrogen) atoms. The Bertz CT molecular complexity index is 406. The summed E-state index contributed by atoms with van der Waals surface area (Å²) >= 11 is 0. The van der Waals surface area contributed by atoms with Crippen LogP contribution in [0, 0.1) is 5.92 Å². The summed E-state index contributed by atoms with van der Waals surface area (Å²) in [6, 6.07) is 6.67. The van der Waals surface area contributed by atoms with Crippen molar-refractivity contribution in [2.24, 2.45) is 5.92 Å². The lowest BCUT2D eigenvalue weighted by Crippen LogP contribution is -2.12. The van der Waals surface area contributed by atoms with E-state index in [1.54, 1.807) is 24.3 Å². The molecular formula is C14H16O3. The number of aldehydes is 1. The lowest BCUT2D eigenvalue weighted by molar-refractivity contribution is -0.135. The van der Waals surface area contributed by atoms with Gasteiger partial charge in [-0.15, -0.1) is 0 Å². The number of carbonyl (C=O) groups is 2. The first-order valence-electron chi connectivity index (χ1n) is 6.04. The van der Waals surface area contributed by atoms with E-state index in [1.165, 1.54) is 12.8 Å². The van der Waals surface area contributed by atoms with Crippen LogP contribution in [0.2, 0.25) is 0 Å². The van der Waals surface area contributed by atoms with Crippen LogP contribution in [0.4, 0.5) is 0 Å². The van der Waals surface area contributed by atoms with Crippen LogP contribution in [-0.4, -0.2) is 12.3 Å². The fourth-order valence-electron chi connectivity index (χ4n) is 2.27. The molecule has 1 aromatic rings. The highest BCUT2D eigenvalue weighted by Gasteiger charge is 2.19. The van der Waals surface area contributed by atoms with Crippen molar-refractivity contribution < 1.29 is 14.3 Å². The molecule has 2 rings (SSSR count). The number of hydrogen-bond acceptors (Lipinski definition) is 3. The van der Waals surface area contributed by atoms with E-state index in [1.807, 2.05) is 0 Å². The standard InChI is InChI=1S/C14H16O3/c15-10-12-6-3-7-13(8-12)17-14(16)9-11-4-1-2-5-11/h3,6-8,10-11H,1-2,4-5,9H2. The van der Waals surface area contributed by atoms with E-state index < -0.39 is 0 Å². The Kier molecular flexibility index (Phi) is 3.91. The van der Waals surface area contributed by atoms with E-state index in [4.69, 9.17) is 4.74 Å². The molecule has 0 amide bonds. The van der Waals surface area contributed by atoms with Crippen molar-refractivity contribution in [1.29, 1.82) is 0 Å². The maximum Gasteiger partial charge on any atom is 0.311 e.